The maximum absolute atomic E-state index is 3.49. The van der Waals surface area contributed by atoms with E-state index < -0.39 is 0 Å². The molecule has 1 unspecified atom stereocenters. The molecule has 1 saturated carbocycles. The van der Waals surface area contributed by atoms with Gasteiger partial charge < -0.3 is 5.32 Å². The average Bonchev–Trinajstić information content (AvgIpc) is 2.49. The van der Waals surface area contributed by atoms with Gasteiger partial charge in [0.2, 0.25) is 0 Å². The minimum Gasteiger partial charge on any atom is -0.316 e. The van der Waals surface area contributed by atoms with Crippen LogP contribution >= 0.6 is 11.8 Å². The van der Waals surface area contributed by atoms with E-state index >= 15 is 0 Å². The van der Waals surface area contributed by atoms with Gasteiger partial charge in [-0.25, -0.2) is 0 Å². The van der Waals surface area contributed by atoms with E-state index in [1.54, 1.807) is 0 Å². The Morgan fingerprint density at radius 3 is 2.58 bits per heavy atom. The molecule has 1 nitrogen and oxygen atoms in total. The van der Waals surface area contributed by atoms with Crippen LogP contribution in [0.1, 0.15) is 44.1 Å². The van der Waals surface area contributed by atoms with Gasteiger partial charge in [-0.1, -0.05) is 49.6 Å². The second-order valence-corrected chi connectivity index (χ2v) is 6.94. The third-order valence-corrected chi connectivity index (χ3v) is 5.66. The molecule has 0 saturated heterocycles. The van der Waals surface area contributed by atoms with Crippen molar-refractivity contribution in [1.82, 2.24) is 5.32 Å². The van der Waals surface area contributed by atoms with Crippen molar-refractivity contribution < 1.29 is 0 Å². The van der Waals surface area contributed by atoms with Crippen LogP contribution < -0.4 is 5.32 Å². The SMILES string of the molecule is CNC(CCc1ccccc1)CSC1CCCCC1. The zero-order valence-electron chi connectivity index (χ0n) is 12.1. The van der Waals surface area contributed by atoms with E-state index in [4.69, 9.17) is 0 Å². The first-order chi connectivity index (χ1) is 9.38. The number of nitrogens with one attached hydrogen (secondary N) is 1. The fourth-order valence-electron chi connectivity index (χ4n) is 2.78. The predicted molar refractivity (Wildman–Crippen MR) is 86.9 cm³/mol. The van der Waals surface area contributed by atoms with E-state index in [1.807, 2.05) is 0 Å². The lowest BCUT2D eigenvalue weighted by Crippen LogP contribution is -2.29. The highest BCUT2D eigenvalue weighted by Crippen LogP contribution is 2.28. The van der Waals surface area contributed by atoms with Crippen LogP contribution in [-0.4, -0.2) is 24.1 Å². The Balaban J connectivity index is 1.67. The summed E-state index contributed by atoms with van der Waals surface area (Å²) in [5, 5.41) is 4.42. The Morgan fingerprint density at radius 1 is 1.16 bits per heavy atom. The molecule has 1 N–H and O–H groups in total. The van der Waals surface area contributed by atoms with Gasteiger partial charge in [0.1, 0.15) is 0 Å². The van der Waals surface area contributed by atoms with Crippen LogP contribution in [0.5, 0.6) is 0 Å². The Bertz CT molecular complexity index is 332. The predicted octanol–water partition coefficient (Wildman–Crippen LogP) is 4.27. The molecule has 1 aromatic carbocycles. The molecule has 0 aromatic heterocycles. The van der Waals surface area contributed by atoms with Gasteiger partial charge in [0.05, 0.1) is 0 Å². The van der Waals surface area contributed by atoms with Crippen LogP contribution in [-0.2, 0) is 6.42 Å². The van der Waals surface area contributed by atoms with Gasteiger partial charge in [0, 0.05) is 17.0 Å². The van der Waals surface area contributed by atoms with Crippen LogP contribution in [0.4, 0.5) is 0 Å². The summed E-state index contributed by atoms with van der Waals surface area (Å²) in [6, 6.07) is 11.5. The monoisotopic (exact) mass is 277 g/mol. The number of thioether (sulfide) groups is 1. The molecule has 0 amide bonds. The van der Waals surface area contributed by atoms with Crippen molar-refractivity contribution >= 4 is 11.8 Å². The van der Waals surface area contributed by atoms with Crippen molar-refractivity contribution in [2.45, 2.75) is 56.2 Å². The molecule has 1 atom stereocenters. The first-order valence-corrected chi connectivity index (χ1v) is 8.76. The van der Waals surface area contributed by atoms with Crippen LogP contribution in [0.2, 0.25) is 0 Å². The zero-order valence-corrected chi connectivity index (χ0v) is 12.9. The van der Waals surface area contributed by atoms with Crippen molar-refractivity contribution in [2.24, 2.45) is 0 Å². The fourth-order valence-corrected chi connectivity index (χ4v) is 4.29. The molecule has 0 spiro atoms. The molecule has 2 rings (SSSR count). The largest absolute Gasteiger partial charge is 0.316 e. The van der Waals surface area contributed by atoms with Crippen molar-refractivity contribution in [1.29, 1.82) is 0 Å². The molecular weight excluding hydrogens is 250 g/mol. The van der Waals surface area contributed by atoms with Crippen molar-refractivity contribution in [3.8, 4) is 0 Å². The van der Waals surface area contributed by atoms with Crippen molar-refractivity contribution in [3.63, 3.8) is 0 Å². The summed E-state index contributed by atoms with van der Waals surface area (Å²) in [4.78, 5) is 0. The molecule has 1 fully saturated rings. The van der Waals surface area contributed by atoms with E-state index in [2.05, 4.69) is 54.5 Å². The Hall–Kier alpha value is -0.470. The Kier molecular flexibility index (Phi) is 6.80. The van der Waals surface area contributed by atoms with Crippen LogP contribution in [0, 0.1) is 0 Å². The summed E-state index contributed by atoms with van der Waals surface area (Å²) >= 11 is 2.20. The first kappa shape index (κ1) is 14.9. The maximum atomic E-state index is 3.49. The summed E-state index contributed by atoms with van der Waals surface area (Å²) in [5.74, 6) is 1.27. The molecule has 1 aliphatic carbocycles. The van der Waals surface area contributed by atoms with Crippen molar-refractivity contribution in [2.75, 3.05) is 12.8 Å². The summed E-state index contributed by atoms with van der Waals surface area (Å²) < 4.78 is 0. The highest BCUT2D eigenvalue weighted by atomic mass is 32.2. The van der Waals surface area contributed by atoms with Gasteiger partial charge in [0.25, 0.3) is 0 Å². The molecule has 2 heteroatoms. The summed E-state index contributed by atoms with van der Waals surface area (Å²) in [5.41, 5.74) is 1.46. The number of aryl methyl sites for hydroxylation is 1. The van der Waals surface area contributed by atoms with E-state index in [0.717, 1.165) is 5.25 Å². The van der Waals surface area contributed by atoms with E-state index in [0.29, 0.717) is 6.04 Å². The van der Waals surface area contributed by atoms with Gasteiger partial charge >= 0.3 is 0 Å². The molecule has 19 heavy (non-hydrogen) atoms. The molecule has 0 bridgehead atoms. The Morgan fingerprint density at radius 2 is 1.89 bits per heavy atom. The third kappa shape index (κ3) is 5.58. The summed E-state index contributed by atoms with van der Waals surface area (Å²) in [6.07, 6.45) is 9.69. The molecule has 0 heterocycles. The van der Waals surface area contributed by atoms with E-state index in [1.165, 1.54) is 56.3 Å². The minimum atomic E-state index is 0.659. The standard InChI is InChI=1S/C17H27NS/c1-18-16(13-12-15-8-4-2-5-9-15)14-19-17-10-6-3-7-11-17/h2,4-5,8-9,16-18H,3,6-7,10-14H2,1H3. The van der Waals surface area contributed by atoms with Crippen molar-refractivity contribution in [3.05, 3.63) is 35.9 Å². The normalized spacial score (nSPS) is 18.4. The smallest absolute Gasteiger partial charge is 0.0158 e. The number of hydrogen-bond acceptors (Lipinski definition) is 2. The van der Waals surface area contributed by atoms with Gasteiger partial charge in [-0.3, -0.25) is 0 Å². The molecule has 0 aliphatic heterocycles. The fraction of sp³-hybridized carbons (Fsp3) is 0.647. The minimum absolute atomic E-state index is 0.659. The van der Waals surface area contributed by atoms with Gasteiger partial charge in [0.15, 0.2) is 0 Å². The molecule has 106 valence electrons. The highest BCUT2D eigenvalue weighted by Gasteiger charge is 2.15. The average molecular weight is 277 g/mol. The van der Waals surface area contributed by atoms with Crippen LogP contribution in [0.3, 0.4) is 0 Å². The number of benzene rings is 1. The third-order valence-electron chi connectivity index (χ3n) is 4.12. The van der Waals surface area contributed by atoms with E-state index in [9.17, 15) is 0 Å². The highest BCUT2D eigenvalue weighted by molar-refractivity contribution is 7.99. The lowest BCUT2D eigenvalue weighted by molar-refractivity contribution is 0.513. The van der Waals surface area contributed by atoms with Crippen LogP contribution in [0.25, 0.3) is 0 Å². The second-order valence-electron chi connectivity index (χ2n) is 5.60. The lowest BCUT2D eigenvalue weighted by Gasteiger charge is -2.24. The number of rotatable bonds is 7. The molecular formula is C17H27NS. The van der Waals surface area contributed by atoms with Gasteiger partial charge in [-0.15, -0.1) is 0 Å². The summed E-state index contributed by atoms with van der Waals surface area (Å²) in [6.45, 7) is 0. The van der Waals surface area contributed by atoms with Crippen LogP contribution in [0.15, 0.2) is 30.3 Å². The Labute approximate surface area is 122 Å². The molecule has 1 aromatic rings. The lowest BCUT2D eigenvalue weighted by atomic mass is 10.0. The molecule has 1 aliphatic rings. The van der Waals surface area contributed by atoms with Gasteiger partial charge in [-0.2, -0.15) is 11.8 Å². The quantitative estimate of drug-likeness (QED) is 0.798. The number of hydrogen-bond donors (Lipinski definition) is 1. The van der Waals surface area contributed by atoms with Gasteiger partial charge in [-0.05, 0) is 38.3 Å². The second kappa shape index (κ2) is 8.65. The summed E-state index contributed by atoms with van der Waals surface area (Å²) in [7, 11) is 2.11. The topological polar surface area (TPSA) is 12.0 Å². The molecule has 0 radical (unpaired) electrons. The zero-order chi connectivity index (χ0) is 13.3. The first-order valence-electron chi connectivity index (χ1n) is 7.71. The van der Waals surface area contributed by atoms with E-state index in [-0.39, 0.29) is 0 Å². The maximum Gasteiger partial charge on any atom is 0.0158 e.